The van der Waals surface area contributed by atoms with Crippen LogP contribution in [-0.2, 0) is 0 Å². The Kier molecular flexibility index (Phi) is 5.68. The van der Waals surface area contributed by atoms with Crippen molar-refractivity contribution in [3.05, 3.63) is 66.1 Å². The Morgan fingerprint density at radius 2 is 2.03 bits per heavy atom. The van der Waals surface area contributed by atoms with Gasteiger partial charge in [-0.2, -0.15) is 0 Å². The standard InChI is InChI=1S/C23H22ClN7O/c24-20-9-14(18-12-28-22-17(18)5-2-6-27-22)10-21(31-20)29-15-3-1-4-16(11-15)30-23(32)19-13-25-7-8-26-19/h2,5-10,12-13,15-16H,1,3-4,11H2,(H,27,28)(H,29,31)(H,30,32). The summed E-state index contributed by atoms with van der Waals surface area (Å²) in [6.45, 7) is 0. The number of halogens is 1. The van der Waals surface area contributed by atoms with Crippen LogP contribution in [0.1, 0.15) is 36.2 Å². The molecule has 0 aliphatic heterocycles. The van der Waals surface area contributed by atoms with E-state index in [4.69, 9.17) is 11.6 Å². The van der Waals surface area contributed by atoms with E-state index in [0.717, 1.165) is 53.7 Å². The summed E-state index contributed by atoms with van der Waals surface area (Å²) >= 11 is 6.35. The minimum atomic E-state index is -0.195. The minimum Gasteiger partial charge on any atom is -0.367 e. The highest BCUT2D eigenvalue weighted by atomic mass is 35.5. The number of fused-ring (bicyclic) bond motifs is 1. The van der Waals surface area contributed by atoms with E-state index in [1.807, 2.05) is 30.5 Å². The van der Waals surface area contributed by atoms with Gasteiger partial charge >= 0.3 is 0 Å². The van der Waals surface area contributed by atoms with E-state index in [1.54, 1.807) is 12.4 Å². The molecule has 2 unspecified atom stereocenters. The molecular weight excluding hydrogens is 426 g/mol. The third-order valence-electron chi connectivity index (χ3n) is 5.71. The van der Waals surface area contributed by atoms with E-state index in [-0.39, 0.29) is 18.0 Å². The van der Waals surface area contributed by atoms with E-state index in [0.29, 0.717) is 10.8 Å². The lowest BCUT2D eigenvalue weighted by Crippen LogP contribution is -2.42. The van der Waals surface area contributed by atoms with Crippen LogP contribution in [0, 0.1) is 0 Å². The predicted molar refractivity (Wildman–Crippen MR) is 123 cm³/mol. The summed E-state index contributed by atoms with van der Waals surface area (Å²) in [7, 11) is 0. The number of nitrogens with one attached hydrogen (secondary N) is 3. The van der Waals surface area contributed by atoms with Gasteiger partial charge in [-0.25, -0.2) is 15.0 Å². The number of amides is 1. The van der Waals surface area contributed by atoms with Gasteiger partial charge in [0.2, 0.25) is 0 Å². The van der Waals surface area contributed by atoms with Crippen molar-refractivity contribution in [2.75, 3.05) is 5.32 Å². The van der Waals surface area contributed by atoms with Crippen LogP contribution in [-0.4, -0.2) is 42.9 Å². The fourth-order valence-corrected chi connectivity index (χ4v) is 4.47. The molecule has 5 rings (SSSR count). The van der Waals surface area contributed by atoms with Gasteiger partial charge in [-0.1, -0.05) is 11.6 Å². The number of pyridine rings is 2. The maximum atomic E-state index is 12.4. The van der Waals surface area contributed by atoms with Gasteiger partial charge in [-0.3, -0.25) is 9.78 Å². The highest BCUT2D eigenvalue weighted by Gasteiger charge is 2.24. The smallest absolute Gasteiger partial charge is 0.271 e. The number of anilines is 1. The number of carbonyl (C=O) groups excluding carboxylic acids is 1. The Balaban J connectivity index is 1.30. The molecule has 1 aliphatic rings. The van der Waals surface area contributed by atoms with Gasteiger partial charge in [-0.15, -0.1) is 0 Å². The van der Waals surface area contributed by atoms with Gasteiger partial charge < -0.3 is 15.6 Å². The summed E-state index contributed by atoms with van der Waals surface area (Å²) in [6.07, 6.45) is 12.0. The summed E-state index contributed by atoms with van der Waals surface area (Å²) in [5.74, 6) is 0.525. The molecule has 4 aromatic heterocycles. The van der Waals surface area contributed by atoms with Crippen LogP contribution < -0.4 is 10.6 Å². The summed E-state index contributed by atoms with van der Waals surface area (Å²) < 4.78 is 0. The zero-order chi connectivity index (χ0) is 21.9. The molecule has 3 N–H and O–H groups in total. The van der Waals surface area contributed by atoms with Crippen LogP contribution in [0.3, 0.4) is 0 Å². The molecule has 4 heterocycles. The minimum absolute atomic E-state index is 0.0640. The number of H-pyrrole nitrogens is 1. The molecule has 1 amide bonds. The summed E-state index contributed by atoms with van der Waals surface area (Å²) in [5.41, 5.74) is 3.16. The number of rotatable bonds is 5. The van der Waals surface area contributed by atoms with Crippen molar-refractivity contribution in [3.63, 3.8) is 0 Å². The number of carbonyl (C=O) groups is 1. The van der Waals surface area contributed by atoms with Crippen molar-refractivity contribution < 1.29 is 4.79 Å². The fraction of sp³-hybridized carbons (Fsp3) is 0.261. The number of hydrogen-bond donors (Lipinski definition) is 3. The summed E-state index contributed by atoms with van der Waals surface area (Å²) in [5, 5.41) is 8.05. The van der Waals surface area contributed by atoms with Crippen molar-refractivity contribution in [1.82, 2.24) is 30.2 Å². The van der Waals surface area contributed by atoms with Crippen LogP contribution in [0.25, 0.3) is 22.2 Å². The van der Waals surface area contributed by atoms with Crippen LogP contribution in [0.5, 0.6) is 0 Å². The zero-order valence-corrected chi connectivity index (χ0v) is 18.0. The molecule has 32 heavy (non-hydrogen) atoms. The first-order valence-electron chi connectivity index (χ1n) is 10.6. The average molecular weight is 448 g/mol. The second kappa shape index (κ2) is 8.92. The molecule has 0 spiro atoms. The topological polar surface area (TPSA) is 108 Å². The van der Waals surface area contributed by atoms with Gasteiger partial charge in [0.25, 0.3) is 5.91 Å². The van der Waals surface area contributed by atoms with E-state index in [9.17, 15) is 4.79 Å². The molecule has 9 heteroatoms. The fourth-order valence-electron chi connectivity index (χ4n) is 4.26. The SMILES string of the molecule is O=C(NC1CCCC(Nc2cc(-c3c[nH]c4ncccc34)cc(Cl)n2)C1)c1cnccn1. The van der Waals surface area contributed by atoms with Crippen LogP contribution >= 0.6 is 11.6 Å². The van der Waals surface area contributed by atoms with Gasteiger partial charge in [-0.05, 0) is 55.5 Å². The molecule has 162 valence electrons. The Labute approximate surface area is 189 Å². The van der Waals surface area contributed by atoms with Crippen molar-refractivity contribution in [2.45, 2.75) is 37.8 Å². The average Bonchev–Trinajstić information content (AvgIpc) is 3.24. The highest BCUT2D eigenvalue weighted by Crippen LogP contribution is 2.31. The van der Waals surface area contributed by atoms with E-state index >= 15 is 0 Å². The lowest BCUT2D eigenvalue weighted by molar-refractivity contribution is 0.0921. The monoisotopic (exact) mass is 447 g/mol. The molecule has 2 atom stereocenters. The third kappa shape index (κ3) is 4.40. The quantitative estimate of drug-likeness (QED) is 0.395. The maximum Gasteiger partial charge on any atom is 0.271 e. The second-order valence-corrected chi connectivity index (χ2v) is 8.32. The number of nitrogens with zero attached hydrogens (tertiary/aromatic N) is 4. The van der Waals surface area contributed by atoms with Crippen LogP contribution in [0.15, 0.2) is 55.2 Å². The third-order valence-corrected chi connectivity index (χ3v) is 5.91. The van der Waals surface area contributed by atoms with Crippen LogP contribution in [0.2, 0.25) is 5.15 Å². The maximum absolute atomic E-state index is 12.4. The molecule has 0 aromatic carbocycles. The van der Waals surface area contributed by atoms with Crippen molar-refractivity contribution in [2.24, 2.45) is 0 Å². The Bertz CT molecular complexity index is 1240. The van der Waals surface area contributed by atoms with Gasteiger partial charge in [0.15, 0.2) is 0 Å². The van der Waals surface area contributed by atoms with Crippen LogP contribution in [0.4, 0.5) is 5.82 Å². The van der Waals surface area contributed by atoms with E-state index in [1.165, 1.54) is 12.4 Å². The lowest BCUT2D eigenvalue weighted by atomic mass is 9.90. The predicted octanol–water partition coefficient (Wildman–Crippen LogP) is 4.22. The second-order valence-electron chi connectivity index (χ2n) is 7.93. The molecule has 0 bridgehead atoms. The Morgan fingerprint density at radius 3 is 2.91 bits per heavy atom. The summed E-state index contributed by atoms with van der Waals surface area (Å²) in [4.78, 5) is 32.5. The first-order chi connectivity index (χ1) is 15.7. The first-order valence-corrected chi connectivity index (χ1v) is 11.0. The molecule has 0 saturated heterocycles. The van der Waals surface area contributed by atoms with Gasteiger partial charge in [0.05, 0.1) is 6.20 Å². The summed E-state index contributed by atoms with van der Waals surface area (Å²) in [6, 6.07) is 8.05. The molecule has 1 aliphatic carbocycles. The molecular formula is C23H22ClN7O. The largest absolute Gasteiger partial charge is 0.367 e. The molecule has 1 saturated carbocycles. The molecule has 8 nitrogen and oxygen atoms in total. The van der Waals surface area contributed by atoms with E-state index < -0.39 is 0 Å². The lowest BCUT2D eigenvalue weighted by Gasteiger charge is -2.30. The van der Waals surface area contributed by atoms with Gasteiger partial charge in [0, 0.05) is 47.8 Å². The highest BCUT2D eigenvalue weighted by molar-refractivity contribution is 6.29. The Hall–Kier alpha value is -3.52. The Morgan fingerprint density at radius 1 is 1.12 bits per heavy atom. The van der Waals surface area contributed by atoms with Crippen molar-refractivity contribution in [1.29, 1.82) is 0 Å². The number of aromatic nitrogens is 5. The number of aromatic amines is 1. The zero-order valence-electron chi connectivity index (χ0n) is 17.3. The van der Waals surface area contributed by atoms with Crippen molar-refractivity contribution >= 4 is 34.4 Å². The normalized spacial score (nSPS) is 18.4. The molecule has 0 radical (unpaired) electrons. The number of hydrogen-bond acceptors (Lipinski definition) is 6. The van der Waals surface area contributed by atoms with Crippen molar-refractivity contribution in [3.8, 4) is 11.1 Å². The first kappa shape index (κ1) is 20.4. The molecule has 1 fully saturated rings. The van der Waals surface area contributed by atoms with Gasteiger partial charge in [0.1, 0.15) is 22.3 Å². The van der Waals surface area contributed by atoms with E-state index in [2.05, 4.69) is 35.6 Å². The molecule has 4 aromatic rings.